The Bertz CT molecular complexity index is 528. The molecule has 0 radical (unpaired) electrons. The average molecular weight is 231 g/mol. The normalized spacial score (nSPS) is 11.8. The minimum absolute atomic E-state index is 0.658. The first-order chi connectivity index (χ1) is 7.74. The molecule has 1 N–H and O–H groups in total. The fourth-order valence-corrected chi connectivity index (χ4v) is 2.60. The van der Waals surface area contributed by atoms with Crippen LogP contribution in [0.4, 0.5) is 0 Å². The molecule has 0 aliphatic carbocycles. The summed E-state index contributed by atoms with van der Waals surface area (Å²) in [4.78, 5) is 1.02. The van der Waals surface area contributed by atoms with Crippen LogP contribution in [0.2, 0.25) is 0 Å². The zero-order valence-corrected chi connectivity index (χ0v) is 10.1. The van der Waals surface area contributed by atoms with E-state index in [4.69, 9.17) is 0 Å². The number of hydrogen-bond donors (Lipinski definition) is 1. The van der Waals surface area contributed by atoms with Crippen LogP contribution in [0.5, 0.6) is 0 Å². The van der Waals surface area contributed by atoms with Gasteiger partial charge in [0.15, 0.2) is 0 Å². The van der Waals surface area contributed by atoms with Crippen molar-refractivity contribution in [3.05, 3.63) is 57.3 Å². The summed E-state index contributed by atoms with van der Waals surface area (Å²) in [6.45, 7) is 4.04. The van der Waals surface area contributed by atoms with Gasteiger partial charge in [0.1, 0.15) is 5.71 Å². The van der Waals surface area contributed by atoms with Crippen LogP contribution in [0.15, 0.2) is 40.9 Å². The number of nitrogens with zero attached hydrogens (tertiary/aromatic N) is 1. The number of benzene rings is 1. The van der Waals surface area contributed by atoms with E-state index >= 15 is 0 Å². The Morgan fingerprint density at radius 2 is 1.88 bits per heavy atom. The third-order valence-corrected chi connectivity index (χ3v) is 3.60. The largest absolute Gasteiger partial charge is 0.410 e. The van der Waals surface area contributed by atoms with Gasteiger partial charge in [-0.15, -0.1) is 11.3 Å². The van der Waals surface area contributed by atoms with E-state index in [2.05, 4.69) is 5.16 Å². The summed E-state index contributed by atoms with van der Waals surface area (Å²) in [5.41, 5.74) is 3.89. The number of aryl methyl sites for hydroxylation is 2. The topological polar surface area (TPSA) is 32.6 Å². The molecule has 1 heterocycles. The van der Waals surface area contributed by atoms with Crippen LogP contribution < -0.4 is 0 Å². The molecule has 0 bridgehead atoms. The molecule has 0 aliphatic rings. The van der Waals surface area contributed by atoms with Gasteiger partial charge in [-0.05, 0) is 36.4 Å². The van der Waals surface area contributed by atoms with E-state index in [0.717, 1.165) is 21.6 Å². The predicted octanol–water partition coefficient (Wildman–Crippen LogP) is 3.59. The van der Waals surface area contributed by atoms with Crippen LogP contribution in [0.25, 0.3) is 0 Å². The lowest BCUT2D eigenvalue weighted by molar-refractivity contribution is 0.319. The molecule has 82 valence electrons. The molecule has 2 rings (SSSR count). The average Bonchev–Trinajstić information content (AvgIpc) is 2.69. The molecular formula is C13H13NOS. The van der Waals surface area contributed by atoms with Gasteiger partial charge in [-0.3, -0.25) is 0 Å². The van der Waals surface area contributed by atoms with E-state index < -0.39 is 0 Å². The van der Waals surface area contributed by atoms with Crippen molar-refractivity contribution in [2.75, 3.05) is 0 Å². The van der Waals surface area contributed by atoms with Gasteiger partial charge in [-0.25, -0.2) is 0 Å². The first-order valence-corrected chi connectivity index (χ1v) is 5.94. The van der Waals surface area contributed by atoms with Crippen LogP contribution in [0.1, 0.15) is 21.6 Å². The lowest BCUT2D eigenvalue weighted by Crippen LogP contribution is -2.04. The summed E-state index contributed by atoms with van der Waals surface area (Å²) < 4.78 is 0. The summed E-state index contributed by atoms with van der Waals surface area (Å²) in [5, 5.41) is 14.7. The maximum absolute atomic E-state index is 9.19. The highest BCUT2D eigenvalue weighted by molar-refractivity contribution is 7.12. The van der Waals surface area contributed by atoms with E-state index in [1.165, 1.54) is 0 Å². The molecule has 3 heteroatoms. The molecule has 0 atom stereocenters. The van der Waals surface area contributed by atoms with Gasteiger partial charge >= 0.3 is 0 Å². The molecule has 0 saturated heterocycles. The van der Waals surface area contributed by atoms with E-state index in [-0.39, 0.29) is 0 Å². The Morgan fingerprint density at radius 3 is 2.44 bits per heavy atom. The monoisotopic (exact) mass is 231 g/mol. The highest BCUT2D eigenvalue weighted by Crippen LogP contribution is 2.22. The van der Waals surface area contributed by atoms with E-state index in [1.54, 1.807) is 11.3 Å². The van der Waals surface area contributed by atoms with Crippen LogP contribution in [-0.2, 0) is 0 Å². The van der Waals surface area contributed by atoms with Crippen molar-refractivity contribution in [3.8, 4) is 0 Å². The number of hydrogen-bond acceptors (Lipinski definition) is 3. The van der Waals surface area contributed by atoms with Gasteiger partial charge in [0.25, 0.3) is 0 Å². The number of oxime groups is 1. The van der Waals surface area contributed by atoms with Crippen molar-refractivity contribution in [1.82, 2.24) is 0 Å². The van der Waals surface area contributed by atoms with Crippen molar-refractivity contribution in [1.29, 1.82) is 0 Å². The molecular weight excluding hydrogens is 218 g/mol. The summed E-state index contributed by atoms with van der Waals surface area (Å²) in [6, 6.07) is 9.96. The van der Waals surface area contributed by atoms with Gasteiger partial charge in [-0.1, -0.05) is 29.4 Å². The highest BCUT2D eigenvalue weighted by atomic mass is 32.1. The molecule has 1 aromatic heterocycles. The summed E-state index contributed by atoms with van der Waals surface area (Å²) in [5.74, 6) is 0. The van der Waals surface area contributed by atoms with Crippen LogP contribution >= 0.6 is 11.3 Å². The predicted molar refractivity (Wildman–Crippen MR) is 67.7 cm³/mol. The van der Waals surface area contributed by atoms with Gasteiger partial charge in [0.2, 0.25) is 0 Å². The first kappa shape index (κ1) is 10.9. The number of rotatable bonds is 2. The zero-order chi connectivity index (χ0) is 11.5. The molecule has 0 fully saturated rings. The Labute approximate surface area is 98.9 Å². The second-order valence-corrected chi connectivity index (χ2v) is 4.61. The van der Waals surface area contributed by atoms with Crippen molar-refractivity contribution >= 4 is 17.0 Å². The highest BCUT2D eigenvalue weighted by Gasteiger charge is 2.13. The third kappa shape index (κ3) is 1.86. The summed E-state index contributed by atoms with van der Waals surface area (Å²) >= 11 is 1.59. The van der Waals surface area contributed by atoms with Gasteiger partial charge in [0, 0.05) is 5.56 Å². The molecule has 0 saturated carbocycles. The van der Waals surface area contributed by atoms with Gasteiger partial charge in [-0.2, -0.15) is 0 Å². The molecule has 2 aromatic rings. The zero-order valence-electron chi connectivity index (χ0n) is 9.27. The second kappa shape index (κ2) is 4.49. The van der Waals surface area contributed by atoms with E-state index in [1.807, 2.05) is 49.6 Å². The standard InChI is InChI=1S/C13H13NOS/c1-9-5-3-4-6-11(9)12(14-15)13-10(2)7-8-16-13/h3-8,15H,1-2H3/b14-12-. The quantitative estimate of drug-likeness (QED) is 0.478. The molecule has 2 nitrogen and oxygen atoms in total. The Kier molecular flexibility index (Phi) is 3.06. The smallest absolute Gasteiger partial charge is 0.127 e. The van der Waals surface area contributed by atoms with Crippen molar-refractivity contribution in [2.24, 2.45) is 5.16 Å². The van der Waals surface area contributed by atoms with E-state index in [0.29, 0.717) is 5.71 Å². The molecule has 16 heavy (non-hydrogen) atoms. The third-order valence-electron chi connectivity index (χ3n) is 2.58. The molecule has 0 aliphatic heterocycles. The van der Waals surface area contributed by atoms with E-state index in [9.17, 15) is 5.21 Å². The van der Waals surface area contributed by atoms with Crippen LogP contribution in [0.3, 0.4) is 0 Å². The second-order valence-electron chi connectivity index (χ2n) is 3.70. The fourth-order valence-electron chi connectivity index (χ4n) is 1.68. The molecule has 0 amide bonds. The summed E-state index contributed by atoms with van der Waals surface area (Å²) in [6.07, 6.45) is 0. The molecule has 1 aromatic carbocycles. The minimum Gasteiger partial charge on any atom is -0.410 e. The Morgan fingerprint density at radius 1 is 1.12 bits per heavy atom. The van der Waals surface area contributed by atoms with Crippen molar-refractivity contribution in [2.45, 2.75) is 13.8 Å². The SMILES string of the molecule is Cc1ccccc1/C(=N/O)c1sccc1C. The lowest BCUT2D eigenvalue weighted by Gasteiger charge is -2.06. The van der Waals surface area contributed by atoms with Crippen molar-refractivity contribution in [3.63, 3.8) is 0 Å². The molecule has 0 spiro atoms. The Hall–Kier alpha value is -1.61. The van der Waals surface area contributed by atoms with Crippen molar-refractivity contribution < 1.29 is 5.21 Å². The first-order valence-electron chi connectivity index (χ1n) is 5.06. The van der Waals surface area contributed by atoms with Crippen LogP contribution in [-0.4, -0.2) is 10.9 Å². The lowest BCUT2D eigenvalue weighted by atomic mass is 10.0. The maximum atomic E-state index is 9.19. The van der Waals surface area contributed by atoms with Gasteiger partial charge < -0.3 is 5.21 Å². The fraction of sp³-hybridized carbons (Fsp3) is 0.154. The minimum atomic E-state index is 0.658. The Balaban J connectivity index is 2.55. The summed E-state index contributed by atoms with van der Waals surface area (Å²) in [7, 11) is 0. The molecule has 0 unspecified atom stereocenters. The number of thiophene rings is 1. The van der Waals surface area contributed by atoms with Gasteiger partial charge in [0.05, 0.1) is 4.88 Å². The van der Waals surface area contributed by atoms with Crippen LogP contribution in [0, 0.1) is 13.8 Å². The maximum Gasteiger partial charge on any atom is 0.127 e.